The molecule has 1 amide bonds. The average molecular weight is 409 g/mol. The Morgan fingerprint density at radius 2 is 1.79 bits per heavy atom. The fraction of sp³-hybridized carbons (Fsp3) is 0.783. The van der Waals surface area contributed by atoms with Crippen LogP contribution in [0, 0.1) is 5.92 Å². The maximum Gasteiger partial charge on any atom is 0.404 e. The monoisotopic (exact) mass is 408 g/mol. The molecule has 166 valence electrons. The molecule has 4 atom stereocenters. The molecule has 1 aliphatic heterocycles. The van der Waals surface area contributed by atoms with Crippen LogP contribution in [-0.2, 0) is 14.2 Å². The van der Waals surface area contributed by atoms with Crippen molar-refractivity contribution >= 4 is 6.09 Å². The number of nitrogens with two attached hydrogens (primary N) is 2. The molecule has 1 spiro atoms. The van der Waals surface area contributed by atoms with Gasteiger partial charge in [-0.3, -0.25) is 0 Å². The van der Waals surface area contributed by atoms with E-state index in [0.717, 1.165) is 25.9 Å². The highest BCUT2D eigenvalue weighted by Crippen LogP contribution is 2.50. The summed E-state index contributed by atoms with van der Waals surface area (Å²) in [5.41, 5.74) is 13.2. The van der Waals surface area contributed by atoms with Crippen LogP contribution in [0.2, 0.25) is 0 Å². The van der Waals surface area contributed by atoms with Crippen molar-refractivity contribution in [2.24, 2.45) is 17.4 Å². The molecular weight excluding hydrogens is 368 g/mol. The van der Waals surface area contributed by atoms with E-state index in [1.54, 1.807) is 7.11 Å². The van der Waals surface area contributed by atoms with Crippen LogP contribution in [0.4, 0.5) is 4.79 Å². The van der Waals surface area contributed by atoms with E-state index in [2.05, 4.69) is 32.9 Å². The summed E-state index contributed by atoms with van der Waals surface area (Å²) >= 11 is 0. The van der Waals surface area contributed by atoms with Crippen molar-refractivity contribution in [2.45, 2.75) is 96.0 Å². The number of ether oxygens (including phenoxy) is 3. The van der Waals surface area contributed by atoms with E-state index in [4.69, 9.17) is 25.7 Å². The molecule has 3 aliphatic rings. The van der Waals surface area contributed by atoms with Gasteiger partial charge in [-0.1, -0.05) is 42.6 Å². The highest BCUT2D eigenvalue weighted by atomic mass is 16.6. The van der Waals surface area contributed by atoms with Gasteiger partial charge in [0.2, 0.25) is 0 Å². The summed E-state index contributed by atoms with van der Waals surface area (Å²) in [5.74, 6) is 0.0983. The summed E-state index contributed by atoms with van der Waals surface area (Å²) in [5, 5.41) is 0. The fourth-order valence-electron chi connectivity index (χ4n) is 4.62. The Bertz CT molecular complexity index is 588. The molecule has 0 aromatic carbocycles. The summed E-state index contributed by atoms with van der Waals surface area (Å²) < 4.78 is 16.7. The van der Waals surface area contributed by atoms with Gasteiger partial charge in [-0.25, -0.2) is 4.79 Å². The Balaban J connectivity index is 0.000000360. The van der Waals surface area contributed by atoms with E-state index in [1.165, 1.54) is 43.3 Å². The molecule has 4 N–H and O–H groups in total. The van der Waals surface area contributed by atoms with Gasteiger partial charge < -0.3 is 25.7 Å². The number of carbonyl (C=O) groups is 1. The summed E-state index contributed by atoms with van der Waals surface area (Å²) in [4.78, 5) is 11.1. The lowest BCUT2D eigenvalue weighted by Gasteiger charge is -2.40. The van der Waals surface area contributed by atoms with Crippen LogP contribution in [-0.4, -0.2) is 43.7 Å². The SMILES string of the molecule is COC1C(OC(N)=O)CC[C@]2(CO2)C1/C(C)=C/CC=C(C)C.NC1CCCCC1. The minimum atomic E-state index is -0.746. The Morgan fingerprint density at radius 1 is 1.14 bits per heavy atom. The average Bonchev–Trinajstić information content (AvgIpc) is 3.43. The Hall–Kier alpha value is -1.37. The van der Waals surface area contributed by atoms with Crippen LogP contribution in [0.3, 0.4) is 0 Å². The Labute approximate surface area is 176 Å². The zero-order valence-corrected chi connectivity index (χ0v) is 18.6. The van der Waals surface area contributed by atoms with Crippen LogP contribution in [0.15, 0.2) is 23.3 Å². The number of allylic oxidation sites excluding steroid dienone is 3. The first kappa shape index (κ1) is 23.9. The number of hydrogen-bond acceptors (Lipinski definition) is 5. The number of amides is 1. The third kappa shape index (κ3) is 7.12. The Morgan fingerprint density at radius 3 is 2.24 bits per heavy atom. The first-order valence-corrected chi connectivity index (χ1v) is 11.0. The van der Waals surface area contributed by atoms with E-state index in [9.17, 15) is 4.79 Å². The van der Waals surface area contributed by atoms with Crippen molar-refractivity contribution in [1.82, 2.24) is 0 Å². The molecule has 0 aromatic rings. The molecule has 3 rings (SSSR count). The van der Waals surface area contributed by atoms with Crippen LogP contribution in [0.1, 0.15) is 72.1 Å². The first-order valence-electron chi connectivity index (χ1n) is 11.0. The van der Waals surface area contributed by atoms with E-state index in [-0.39, 0.29) is 23.7 Å². The van der Waals surface area contributed by atoms with Crippen LogP contribution < -0.4 is 11.5 Å². The van der Waals surface area contributed by atoms with Crippen molar-refractivity contribution in [3.05, 3.63) is 23.3 Å². The van der Waals surface area contributed by atoms with Gasteiger partial charge in [-0.05, 0) is 52.9 Å². The zero-order chi connectivity index (χ0) is 21.4. The molecule has 3 fully saturated rings. The third-order valence-corrected chi connectivity index (χ3v) is 6.27. The molecule has 1 saturated heterocycles. The number of hydrogen-bond donors (Lipinski definition) is 2. The predicted molar refractivity (Wildman–Crippen MR) is 116 cm³/mol. The smallest absolute Gasteiger partial charge is 0.404 e. The number of primary amides is 1. The lowest BCUT2D eigenvalue weighted by atomic mass is 9.72. The van der Waals surface area contributed by atoms with E-state index in [0.29, 0.717) is 6.04 Å². The molecule has 1 heterocycles. The van der Waals surface area contributed by atoms with Crippen LogP contribution in [0.25, 0.3) is 0 Å². The van der Waals surface area contributed by atoms with Crippen LogP contribution in [0.5, 0.6) is 0 Å². The number of carbonyl (C=O) groups excluding carboxylic acids is 1. The predicted octanol–water partition coefficient (Wildman–Crippen LogP) is 4.22. The summed E-state index contributed by atoms with van der Waals surface area (Å²) in [6.07, 6.45) is 12.3. The lowest BCUT2D eigenvalue weighted by Crippen LogP contribution is -2.50. The van der Waals surface area contributed by atoms with Gasteiger partial charge in [0.15, 0.2) is 0 Å². The van der Waals surface area contributed by atoms with Gasteiger partial charge in [0.05, 0.1) is 6.61 Å². The molecule has 0 bridgehead atoms. The summed E-state index contributed by atoms with van der Waals surface area (Å²) in [6, 6.07) is 0.536. The first-order chi connectivity index (χ1) is 13.8. The molecule has 0 radical (unpaired) electrons. The molecule has 2 saturated carbocycles. The molecule has 6 nitrogen and oxygen atoms in total. The fourth-order valence-corrected chi connectivity index (χ4v) is 4.62. The van der Waals surface area contributed by atoms with Gasteiger partial charge in [-0.15, -0.1) is 0 Å². The van der Waals surface area contributed by atoms with E-state index < -0.39 is 6.09 Å². The molecular formula is C23H40N2O4. The minimum Gasteiger partial charge on any atom is -0.444 e. The quantitative estimate of drug-likeness (QED) is 0.524. The largest absolute Gasteiger partial charge is 0.444 e. The third-order valence-electron chi connectivity index (χ3n) is 6.27. The maximum absolute atomic E-state index is 11.1. The number of rotatable bonds is 5. The second-order valence-electron chi connectivity index (χ2n) is 8.91. The number of methoxy groups -OCH3 is 1. The maximum atomic E-state index is 11.1. The second kappa shape index (κ2) is 11.1. The lowest BCUT2D eigenvalue weighted by molar-refractivity contribution is -0.0872. The van der Waals surface area contributed by atoms with Gasteiger partial charge in [0, 0.05) is 19.1 Å². The second-order valence-corrected chi connectivity index (χ2v) is 8.91. The summed E-state index contributed by atoms with van der Waals surface area (Å²) in [7, 11) is 1.65. The van der Waals surface area contributed by atoms with Gasteiger partial charge in [0.1, 0.15) is 17.8 Å². The molecule has 3 unspecified atom stereocenters. The number of epoxide rings is 1. The standard InChI is InChI=1S/C17H27NO4.C6H13N/c1-11(2)6-5-7-12(3)14-15(20-4)13(22-16(18)19)8-9-17(14)10-21-17;7-6-4-2-1-3-5-6/h6-7,13-15H,5,8-10H2,1-4H3,(H2,18,19);6H,1-5,7H2/b12-7+;/t13?,14?,15?,17-;/m0./s1. The molecule has 0 aromatic heterocycles. The van der Waals surface area contributed by atoms with Crippen molar-refractivity contribution in [1.29, 1.82) is 0 Å². The topological polar surface area (TPSA) is 100 Å². The molecule has 29 heavy (non-hydrogen) atoms. The molecule has 6 heteroatoms. The molecule has 2 aliphatic carbocycles. The van der Waals surface area contributed by atoms with Crippen molar-refractivity contribution in [3.8, 4) is 0 Å². The van der Waals surface area contributed by atoms with Gasteiger partial charge in [0.25, 0.3) is 0 Å². The van der Waals surface area contributed by atoms with Crippen molar-refractivity contribution in [3.63, 3.8) is 0 Å². The highest BCUT2D eigenvalue weighted by Gasteiger charge is 2.59. The van der Waals surface area contributed by atoms with Gasteiger partial charge >= 0.3 is 6.09 Å². The van der Waals surface area contributed by atoms with Gasteiger partial charge in [-0.2, -0.15) is 0 Å². The summed E-state index contributed by atoms with van der Waals surface area (Å²) in [6.45, 7) is 7.02. The highest BCUT2D eigenvalue weighted by molar-refractivity contribution is 5.64. The van der Waals surface area contributed by atoms with Crippen LogP contribution >= 0.6 is 0 Å². The van der Waals surface area contributed by atoms with E-state index >= 15 is 0 Å². The minimum absolute atomic E-state index is 0.0983. The normalized spacial score (nSPS) is 32.2. The van der Waals surface area contributed by atoms with Crippen molar-refractivity contribution in [2.75, 3.05) is 13.7 Å². The van der Waals surface area contributed by atoms with Crippen molar-refractivity contribution < 1.29 is 19.0 Å². The van der Waals surface area contributed by atoms with E-state index in [1.807, 2.05) is 0 Å². The Kier molecular flexibility index (Phi) is 9.18. The zero-order valence-electron chi connectivity index (χ0n) is 18.6.